The molecule has 13 heavy (non-hydrogen) atoms. The Hall–Kier alpha value is -0.0862. The standard InChI is InChI=1S/C11H22Si2/c1-12(2,3)10-7-8-11(9-10)13(4,5)6/h7,9H,8H2,1-6H3. The van der Waals surface area contributed by atoms with E-state index < -0.39 is 16.1 Å². The molecule has 0 bridgehead atoms. The highest BCUT2D eigenvalue weighted by Gasteiger charge is 2.26. The zero-order chi connectivity index (χ0) is 10.3. The average molecular weight is 210 g/mol. The molecule has 0 nitrogen and oxygen atoms in total. The summed E-state index contributed by atoms with van der Waals surface area (Å²) < 4.78 is 0. The van der Waals surface area contributed by atoms with Gasteiger partial charge in [-0.25, -0.2) is 0 Å². The first-order valence-corrected chi connectivity index (χ1v) is 12.1. The molecule has 1 aliphatic rings. The van der Waals surface area contributed by atoms with Crippen molar-refractivity contribution in [2.24, 2.45) is 0 Å². The Morgan fingerprint density at radius 2 is 1.46 bits per heavy atom. The number of hydrogen-bond donors (Lipinski definition) is 0. The predicted molar refractivity (Wildman–Crippen MR) is 67.5 cm³/mol. The highest BCUT2D eigenvalue weighted by molar-refractivity contribution is 6.86. The SMILES string of the molecule is C[Si](C)(C)C1=CCC([Si](C)(C)C)=C1. The summed E-state index contributed by atoms with van der Waals surface area (Å²) in [6.07, 6.45) is 6.23. The van der Waals surface area contributed by atoms with Crippen LogP contribution in [-0.2, 0) is 0 Å². The van der Waals surface area contributed by atoms with Crippen molar-refractivity contribution >= 4 is 16.1 Å². The molecule has 0 aromatic rings. The van der Waals surface area contributed by atoms with Crippen molar-refractivity contribution < 1.29 is 0 Å². The lowest BCUT2D eigenvalue weighted by atomic mass is 10.5. The van der Waals surface area contributed by atoms with Gasteiger partial charge in [0.05, 0.1) is 16.1 Å². The van der Waals surface area contributed by atoms with Crippen LogP contribution in [0.5, 0.6) is 0 Å². The molecule has 0 N–H and O–H groups in total. The van der Waals surface area contributed by atoms with E-state index in [1.165, 1.54) is 6.42 Å². The third-order valence-electron chi connectivity index (χ3n) is 2.70. The predicted octanol–water partition coefficient (Wildman–Crippen LogP) is 4.00. The van der Waals surface area contributed by atoms with Gasteiger partial charge in [-0.3, -0.25) is 0 Å². The lowest BCUT2D eigenvalue weighted by Gasteiger charge is -2.19. The maximum absolute atomic E-state index is 2.51. The minimum Gasteiger partial charge on any atom is -0.0816 e. The van der Waals surface area contributed by atoms with Crippen molar-refractivity contribution in [1.82, 2.24) is 0 Å². The first-order valence-electron chi connectivity index (χ1n) is 5.13. The molecule has 0 fully saturated rings. The van der Waals surface area contributed by atoms with Crippen molar-refractivity contribution in [2.75, 3.05) is 0 Å². The van der Waals surface area contributed by atoms with E-state index >= 15 is 0 Å². The van der Waals surface area contributed by atoms with Crippen LogP contribution in [0.4, 0.5) is 0 Å². The summed E-state index contributed by atoms with van der Waals surface area (Å²) in [7, 11) is -2.05. The molecule has 0 atom stereocenters. The molecule has 2 heteroatoms. The molecular formula is C11H22Si2. The molecule has 0 aliphatic heterocycles. The Labute approximate surface area is 84.8 Å². The van der Waals surface area contributed by atoms with Gasteiger partial charge >= 0.3 is 0 Å². The summed E-state index contributed by atoms with van der Waals surface area (Å²) in [6.45, 7) is 14.6. The summed E-state index contributed by atoms with van der Waals surface area (Å²) in [5.74, 6) is 0. The van der Waals surface area contributed by atoms with E-state index in [4.69, 9.17) is 0 Å². The summed E-state index contributed by atoms with van der Waals surface area (Å²) >= 11 is 0. The number of rotatable bonds is 2. The van der Waals surface area contributed by atoms with Crippen LogP contribution < -0.4 is 0 Å². The number of allylic oxidation sites excluding steroid dienone is 4. The summed E-state index contributed by atoms with van der Waals surface area (Å²) in [5, 5.41) is 3.41. The minimum absolute atomic E-state index is 1.01. The van der Waals surface area contributed by atoms with Gasteiger partial charge in [0.2, 0.25) is 0 Å². The van der Waals surface area contributed by atoms with Crippen molar-refractivity contribution in [3.8, 4) is 0 Å². The third kappa shape index (κ3) is 2.68. The van der Waals surface area contributed by atoms with E-state index in [1.54, 1.807) is 10.4 Å². The van der Waals surface area contributed by atoms with E-state index in [-0.39, 0.29) is 0 Å². The van der Waals surface area contributed by atoms with Crippen LogP contribution in [0.3, 0.4) is 0 Å². The van der Waals surface area contributed by atoms with E-state index in [1.807, 2.05) is 0 Å². The highest BCUT2D eigenvalue weighted by Crippen LogP contribution is 2.30. The second kappa shape index (κ2) is 3.24. The Balaban J connectivity index is 2.84. The monoisotopic (exact) mass is 210 g/mol. The quantitative estimate of drug-likeness (QED) is 0.604. The van der Waals surface area contributed by atoms with Gasteiger partial charge in [-0.15, -0.1) is 0 Å². The van der Waals surface area contributed by atoms with Gasteiger partial charge in [0, 0.05) is 0 Å². The van der Waals surface area contributed by atoms with Crippen LogP contribution in [0.15, 0.2) is 22.5 Å². The maximum atomic E-state index is 2.51. The molecule has 0 amide bonds. The Kier molecular flexibility index (Phi) is 2.74. The number of hydrogen-bond acceptors (Lipinski definition) is 0. The van der Waals surface area contributed by atoms with E-state index in [2.05, 4.69) is 51.4 Å². The largest absolute Gasteiger partial charge is 0.0816 e. The van der Waals surface area contributed by atoms with Gasteiger partial charge < -0.3 is 0 Å². The van der Waals surface area contributed by atoms with Crippen LogP contribution in [-0.4, -0.2) is 16.1 Å². The second-order valence-electron chi connectivity index (χ2n) is 6.03. The summed E-state index contributed by atoms with van der Waals surface area (Å²) in [4.78, 5) is 0. The third-order valence-corrected chi connectivity index (χ3v) is 7.06. The maximum Gasteiger partial charge on any atom is 0.0771 e. The minimum atomic E-state index is -1.04. The Morgan fingerprint density at radius 1 is 0.923 bits per heavy atom. The van der Waals surface area contributed by atoms with E-state index in [9.17, 15) is 0 Å². The average Bonchev–Trinajstić information content (AvgIpc) is 2.28. The lowest BCUT2D eigenvalue weighted by molar-refractivity contribution is 1.35. The fourth-order valence-corrected chi connectivity index (χ4v) is 4.34. The topological polar surface area (TPSA) is 0 Å². The van der Waals surface area contributed by atoms with E-state index in [0.717, 1.165) is 0 Å². The van der Waals surface area contributed by atoms with Gasteiger partial charge in [-0.2, -0.15) is 0 Å². The van der Waals surface area contributed by atoms with Gasteiger partial charge in [0.25, 0.3) is 0 Å². The summed E-state index contributed by atoms with van der Waals surface area (Å²) in [6, 6.07) is 0. The summed E-state index contributed by atoms with van der Waals surface area (Å²) in [5.41, 5.74) is 0. The van der Waals surface area contributed by atoms with Gasteiger partial charge in [0.15, 0.2) is 0 Å². The first kappa shape index (κ1) is 11.0. The molecule has 0 unspecified atom stereocenters. The van der Waals surface area contributed by atoms with Crippen molar-refractivity contribution in [3.63, 3.8) is 0 Å². The van der Waals surface area contributed by atoms with Crippen molar-refractivity contribution in [2.45, 2.75) is 45.7 Å². The van der Waals surface area contributed by atoms with Gasteiger partial charge in [-0.1, -0.05) is 61.8 Å². The Morgan fingerprint density at radius 3 is 1.69 bits per heavy atom. The molecule has 0 aromatic heterocycles. The molecule has 1 rings (SSSR count). The molecule has 0 aromatic carbocycles. The zero-order valence-electron chi connectivity index (χ0n) is 9.86. The van der Waals surface area contributed by atoms with Gasteiger partial charge in [0.1, 0.15) is 0 Å². The van der Waals surface area contributed by atoms with Crippen LogP contribution in [0, 0.1) is 0 Å². The highest BCUT2D eigenvalue weighted by atomic mass is 28.3. The van der Waals surface area contributed by atoms with Crippen LogP contribution in [0.1, 0.15) is 6.42 Å². The molecule has 0 saturated carbocycles. The second-order valence-corrected chi connectivity index (χ2v) is 16.3. The molecule has 0 heterocycles. The first-order chi connectivity index (χ1) is 5.71. The van der Waals surface area contributed by atoms with Crippen molar-refractivity contribution in [3.05, 3.63) is 22.5 Å². The van der Waals surface area contributed by atoms with Gasteiger partial charge in [-0.05, 0) is 6.42 Å². The smallest absolute Gasteiger partial charge is 0.0771 e. The normalized spacial score (nSPS) is 18.6. The zero-order valence-corrected chi connectivity index (χ0v) is 11.9. The van der Waals surface area contributed by atoms with Crippen molar-refractivity contribution in [1.29, 1.82) is 0 Å². The molecule has 74 valence electrons. The fraction of sp³-hybridized carbons (Fsp3) is 0.636. The van der Waals surface area contributed by atoms with Crippen LogP contribution in [0.25, 0.3) is 0 Å². The molecule has 0 radical (unpaired) electrons. The van der Waals surface area contributed by atoms with Crippen LogP contribution in [0.2, 0.25) is 39.3 Å². The molecular weight excluding hydrogens is 188 g/mol. The molecule has 0 saturated heterocycles. The van der Waals surface area contributed by atoms with E-state index in [0.29, 0.717) is 0 Å². The van der Waals surface area contributed by atoms with Crippen LogP contribution >= 0.6 is 0 Å². The Bertz CT molecular complexity index is 259. The fourth-order valence-electron chi connectivity index (χ4n) is 1.57. The molecule has 1 aliphatic carbocycles. The molecule has 0 spiro atoms. The lowest BCUT2D eigenvalue weighted by Crippen LogP contribution is -2.24.